The van der Waals surface area contributed by atoms with E-state index in [9.17, 15) is 4.79 Å². The zero-order valence-corrected chi connectivity index (χ0v) is 13.2. The number of rotatable bonds is 4. The summed E-state index contributed by atoms with van der Waals surface area (Å²) in [5.74, 6) is 2.91. The number of amides is 1. The molecule has 0 radical (unpaired) electrons. The molecule has 0 aromatic rings. The third-order valence-corrected chi connectivity index (χ3v) is 5.29. The second-order valence-electron chi connectivity index (χ2n) is 6.63. The predicted octanol–water partition coefficient (Wildman–Crippen LogP) is 4.07. The van der Waals surface area contributed by atoms with Crippen molar-refractivity contribution in [2.45, 2.75) is 64.8 Å². The van der Waals surface area contributed by atoms with Crippen molar-refractivity contribution in [3.63, 3.8) is 0 Å². The summed E-state index contributed by atoms with van der Waals surface area (Å²) in [4.78, 5) is 14.7. The van der Waals surface area contributed by atoms with Gasteiger partial charge < -0.3 is 4.90 Å². The zero-order valence-electron chi connectivity index (χ0n) is 12.4. The van der Waals surface area contributed by atoms with Crippen LogP contribution in [0.5, 0.6) is 0 Å². The van der Waals surface area contributed by atoms with Crippen LogP contribution < -0.4 is 0 Å². The van der Waals surface area contributed by atoms with Gasteiger partial charge in [0.2, 0.25) is 5.91 Å². The number of carbonyl (C=O) groups is 1. The van der Waals surface area contributed by atoms with Gasteiger partial charge in [0.05, 0.1) is 0 Å². The summed E-state index contributed by atoms with van der Waals surface area (Å²) in [5.41, 5.74) is 0. The Balaban J connectivity index is 1.95. The molecule has 2 aliphatic carbocycles. The fourth-order valence-corrected chi connectivity index (χ4v) is 4.23. The van der Waals surface area contributed by atoms with E-state index in [0.717, 1.165) is 24.7 Å². The maximum atomic E-state index is 12.7. The summed E-state index contributed by atoms with van der Waals surface area (Å²) in [6.07, 6.45) is 9.04. The molecule has 19 heavy (non-hydrogen) atoms. The van der Waals surface area contributed by atoms with Gasteiger partial charge in [-0.3, -0.25) is 4.79 Å². The Hall–Kier alpha value is -0.240. The minimum absolute atomic E-state index is 0.268. The van der Waals surface area contributed by atoms with Gasteiger partial charge in [-0.2, -0.15) is 0 Å². The van der Waals surface area contributed by atoms with Gasteiger partial charge in [-0.1, -0.05) is 25.7 Å². The van der Waals surface area contributed by atoms with Crippen LogP contribution >= 0.6 is 11.6 Å². The van der Waals surface area contributed by atoms with Gasteiger partial charge in [0.15, 0.2) is 0 Å². The topological polar surface area (TPSA) is 20.3 Å². The second-order valence-corrected chi connectivity index (χ2v) is 7.01. The van der Waals surface area contributed by atoms with Crippen molar-refractivity contribution in [2.24, 2.45) is 17.8 Å². The fourth-order valence-electron chi connectivity index (χ4n) is 4.05. The van der Waals surface area contributed by atoms with Gasteiger partial charge in [0, 0.05) is 24.4 Å². The third-order valence-electron chi connectivity index (χ3n) is 5.12. The third kappa shape index (κ3) is 3.65. The molecule has 0 aromatic carbocycles. The van der Waals surface area contributed by atoms with E-state index < -0.39 is 0 Å². The molecule has 3 unspecified atom stereocenters. The molecule has 1 amide bonds. The molecule has 0 aliphatic heterocycles. The number of alkyl halides is 1. The molecule has 0 heterocycles. The van der Waals surface area contributed by atoms with Gasteiger partial charge in [0.1, 0.15) is 0 Å². The Bertz CT molecular complexity index is 305. The first-order valence-corrected chi connectivity index (χ1v) is 8.53. The SMILES string of the molecule is CC(C)N(CCCl)C(=O)C1CCC2CCCCC2C1. The van der Waals surface area contributed by atoms with Gasteiger partial charge in [-0.05, 0) is 44.9 Å². The monoisotopic (exact) mass is 285 g/mol. The average molecular weight is 286 g/mol. The fraction of sp³-hybridized carbons (Fsp3) is 0.938. The van der Waals surface area contributed by atoms with E-state index in [2.05, 4.69) is 13.8 Å². The highest BCUT2D eigenvalue weighted by molar-refractivity contribution is 6.18. The Morgan fingerprint density at radius 1 is 1.16 bits per heavy atom. The first-order chi connectivity index (χ1) is 9.13. The molecule has 3 atom stereocenters. The molecule has 0 bridgehead atoms. The number of hydrogen-bond donors (Lipinski definition) is 0. The minimum Gasteiger partial charge on any atom is -0.339 e. The summed E-state index contributed by atoms with van der Waals surface area (Å²) in [7, 11) is 0. The minimum atomic E-state index is 0.268. The van der Waals surface area contributed by atoms with E-state index in [0.29, 0.717) is 18.3 Å². The number of halogens is 1. The summed E-state index contributed by atoms with van der Waals surface area (Å²) >= 11 is 5.84. The van der Waals surface area contributed by atoms with Crippen LogP contribution in [0.2, 0.25) is 0 Å². The Labute approximate surface area is 122 Å². The van der Waals surface area contributed by atoms with Crippen molar-refractivity contribution in [3.8, 4) is 0 Å². The van der Waals surface area contributed by atoms with E-state index in [1.165, 1.54) is 32.1 Å². The molecule has 3 heteroatoms. The second kappa shape index (κ2) is 6.97. The zero-order chi connectivity index (χ0) is 13.8. The Morgan fingerprint density at radius 2 is 1.84 bits per heavy atom. The van der Waals surface area contributed by atoms with Crippen LogP contribution in [-0.2, 0) is 4.79 Å². The molecule has 2 aliphatic rings. The van der Waals surface area contributed by atoms with Gasteiger partial charge in [-0.25, -0.2) is 0 Å². The van der Waals surface area contributed by atoms with E-state index in [-0.39, 0.29) is 12.0 Å². The maximum absolute atomic E-state index is 12.7. The molecule has 2 rings (SSSR count). The molecule has 0 N–H and O–H groups in total. The van der Waals surface area contributed by atoms with Gasteiger partial charge in [0.25, 0.3) is 0 Å². The first-order valence-electron chi connectivity index (χ1n) is 8.00. The van der Waals surface area contributed by atoms with Gasteiger partial charge >= 0.3 is 0 Å². The highest BCUT2D eigenvalue weighted by atomic mass is 35.5. The molecular formula is C16H28ClNO. The molecular weight excluding hydrogens is 258 g/mol. The summed E-state index contributed by atoms with van der Waals surface area (Å²) in [6.45, 7) is 4.88. The average Bonchev–Trinajstić information content (AvgIpc) is 2.43. The van der Waals surface area contributed by atoms with E-state index in [4.69, 9.17) is 11.6 Å². The van der Waals surface area contributed by atoms with Crippen LogP contribution in [0.15, 0.2) is 0 Å². The molecule has 0 saturated heterocycles. The number of hydrogen-bond acceptors (Lipinski definition) is 1. The Kier molecular flexibility index (Phi) is 5.56. The van der Waals surface area contributed by atoms with E-state index in [1.54, 1.807) is 0 Å². The lowest BCUT2D eigenvalue weighted by Crippen LogP contribution is -2.44. The molecule has 0 spiro atoms. The van der Waals surface area contributed by atoms with Gasteiger partial charge in [-0.15, -0.1) is 11.6 Å². The van der Waals surface area contributed by atoms with Crippen molar-refractivity contribution in [2.75, 3.05) is 12.4 Å². The van der Waals surface area contributed by atoms with E-state index >= 15 is 0 Å². The molecule has 2 fully saturated rings. The van der Waals surface area contributed by atoms with E-state index in [1.807, 2.05) is 4.90 Å². The lowest BCUT2D eigenvalue weighted by molar-refractivity contribution is -0.139. The van der Waals surface area contributed by atoms with Crippen LogP contribution in [-0.4, -0.2) is 29.3 Å². The van der Waals surface area contributed by atoms with Crippen molar-refractivity contribution in [1.82, 2.24) is 4.90 Å². The van der Waals surface area contributed by atoms with Crippen molar-refractivity contribution < 1.29 is 4.79 Å². The van der Waals surface area contributed by atoms with Crippen LogP contribution in [0, 0.1) is 17.8 Å². The standard InChI is InChI=1S/C16H28ClNO/c1-12(2)18(10-9-17)16(19)15-8-7-13-5-3-4-6-14(13)11-15/h12-15H,3-11H2,1-2H3. The largest absolute Gasteiger partial charge is 0.339 e. The molecule has 110 valence electrons. The van der Waals surface area contributed by atoms with Crippen LogP contribution in [0.3, 0.4) is 0 Å². The van der Waals surface area contributed by atoms with Crippen LogP contribution in [0.1, 0.15) is 58.8 Å². The van der Waals surface area contributed by atoms with Crippen molar-refractivity contribution in [3.05, 3.63) is 0 Å². The summed E-state index contributed by atoms with van der Waals surface area (Å²) in [6, 6.07) is 0.273. The molecule has 2 saturated carbocycles. The summed E-state index contributed by atoms with van der Waals surface area (Å²) < 4.78 is 0. The van der Waals surface area contributed by atoms with Crippen molar-refractivity contribution >= 4 is 17.5 Å². The first kappa shape index (κ1) is 15.2. The lowest BCUT2D eigenvalue weighted by atomic mass is 9.67. The number of fused-ring (bicyclic) bond motifs is 1. The number of nitrogens with zero attached hydrogens (tertiary/aromatic N) is 1. The van der Waals surface area contributed by atoms with Crippen LogP contribution in [0.4, 0.5) is 0 Å². The smallest absolute Gasteiger partial charge is 0.225 e. The normalized spacial score (nSPS) is 31.1. The maximum Gasteiger partial charge on any atom is 0.225 e. The lowest BCUT2D eigenvalue weighted by Gasteiger charge is -2.40. The quantitative estimate of drug-likeness (QED) is 0.713. The van der Waals surface area contributed by atoms with Crippen molar-refractivity contribution in [1.29, 1.82) is 0 Å². The van der Waals surface area contributed by atoms with Crippen LogP contribution in [0.25, 0.3) is 0 Å². The highest BCUT2D eigenvalue weighted by Crippen LogP contribution is 2.43. The number of carbonyl (C=O) groups excluding carboxylic acids is 1. The predicted molar refractivity (Wildman–Crippen MR) is 80.4 cm³/mol. The Morgan fingerprint density at radius 3 is 2.47 bits per heavy atom. The molecule has 0 aromatic heterocycles. The highest BCUT2D eigenvalue weighted by Gasteiger charge is 2.36. The summed E-state index contributed by atoms with van der Waals surface area (Å²) in [5, 5.41) is 0. The molecule has 2 nitrogen and oxygen atoms in total.